The zero-order valence-electron chi connectivity index (χ0n) is 25.5. The molecule has 1 atom stereocenters. The summed E-state index contributed by atoms with van der Waals surface area (Å²) >= 11 is 0. The molecular formula is C37H30N4O6. The van der Waals surface area contributed by atoms with Crippen molar-refractivity contribution in [3.63, 3.8) is 0 Å². The van der Waals surface area contributed by atoms with E-state index in [9.17, 15) is 24.0 Å². The number of hydrogen-bond donors (Lipinski definition) is 2. The van der Waals surface area contributed by atoms with E-state index >= 15 is 0 Å². The van der Waals surface area contributed by atoms with Crippen molar-refractivity contribution < 1.29 is 28.7 Å². The van der Waals surface area contributed by atoms with Gasteiger partial charge in [-0.2, -0.15) is 0 Å². The van der Waals surface area contributed by atoms with Crippen LogP contribution in [-0.2, 0) is 22.6 Å². The van der Waals surface area contributed by atoms with E-state index in [1.165, 1.54) is 29.1 Å². The summed E-state index contributed by atoms with van der Waals surface area (Å²) in [7, 11) is 1.65. The number of amides is 5. The summed E-state index contributed by atoms with van der Waals surface area (Å²) in [4.78, 5) is 63.8. The minimum absolute atomic E-state index is 0.0352. The van der Waals surface area contributed by atoms with Crippen molar-refractivity contribution in [3.05, 3.63) is 131 Å². The number of nitrogens with zero attached hydrogens (tertiary/aromatic N) is 2. The molecule has 2 aliphatic rings. The third kappa shape index (κ3) is 5.54. The summed E-state index contributed by atoms with van der Waals surface area (Å²) in [5, 5.41) is 6.23. The van der Waals surface area contributed by atoms with Crippen molar-refractivity contribution in [1.29, 1.82) is 0 Å². The second kappa shape index (κ2) is 12.1. The second-order valence-corrected chi connectivity index (χ2v) is 11.6. The third-order valence-electron chi connectivity index (χ3n) is 8.72. The summed E-state index contributed by atoms with van der Waals surface area (Å²) < 4.78 is 7.50. The maximum absolute atomic E-state index is 13.1. The SMILES string of the molecule is COc1ccc(-n2cc(Cc3ccc(CNC(=O)c4ccc5c(c4)C(=O)N(C4CCC(=O)NC4=O)C5=O)cc3)c3ccccc32)cc1. The molecule has 2 N–H and O–H groups in total. The highest BCUT2D eigenvalue weighted by atomic mass is 16.5. The number of para-hydroxylation sites is 1. The van der Waals surface area contributed by atoms with Gasteiger partial charge in [0.05, 0.1) is 23.8 Å². The predicted octanol–water partition coefficient (Wildman–Crippen LogP) is 4.56. The van der Waals surface area contributed by atoms with Crippen molar-refractivity contribution >= 4 is 40.4 Å². The number of piperidine rings is 1. The fourth-order valence-electron chi connectivity index (χ4n) is 6.24. The molecule has 4 aromatic carbocycles. The van der Waals surface area contributed by atoms with Crippen LogP contribution in [0.25, 0.3) is 16.6 Å². The zero-order valence-corrected chi connectivity index (χ0v) is 25.5. The van der Waals surface area contributed by atoms with Crippen LogP contribution in [0.1, 0.15) is 60.6 Å². The van der Waals surface area contributed by atoms with Gasteiger partial charge in [0, 0.05) is 35.8 Å². The Morgan fingerprint density at radius 2 is 1.60 bits per heavy atom. The first-order valence-electron chi connectivity index (χ1n) is 15.3. The first-order valence-corrected chi connectivity index (χ1v) is 15.3. The lowest BCUT2D eigenvalue weighted by molar-refractivity contribution is -0.136. The number of hydrogen-bond acceptors (Lipinski definition) is 6. The van der Waals surface area contributed by atoms with Gasteiger partial charge in [-0.3, -0.25) is 34.2 Å². The summed E-state index contributed by atoms with van der Waals surface area (Å²) in [6, 6.07) is 27.5. The Balaban J connectivity index is 1.01. The van der Waals surface area contributed by atoms with E-state index < -0.39 is 35.6 Å². The molecule has 0 spiro atoms. The number of carbonyl (C=O) groups excluding carboxylic acids is 5. The quantitative estimate of drug-likeness (QED) is 0.243. The summed E-state index contributed by atoms with van der Waals surface area (Å²) in [5.41, 5.74) is 5.79. The molecule has 1 saturated heterocycles. The van der Waals surface area contributed by atoms with Crippen LogP contribution in [0, 0.1) is 0 Å². The molecule has 0 bridgehead atoms. The number of rotatable bonds is 8. The van der Waals surface area contributed by atoms with Crippen molar-refractivity contribution in [2.75, 3.05) is 7.11 Å². The fraction of sp³-hybridized carbons (Fsp3) is 0.162. The molecule has 2 aliphatic heterocycles. The maximum Gasteiger partial charge on any atom is 0.262 e. The van der Waals surface area contributed by atoms with Crippen LogP contribution in [0.15, 0.2) is 97.2 Å². The van der Waals surface area contributed by atoms with Gasteiger partial charge >= 0.3 is 0 Å². The number of ether oxygens (including phenoxy) is 1. The number of methoxy groups -OCH3 is 1. The highest BCUT2D eigenvalue weighted by Gasteiger charge is 2.44. The Hall–Kier alpha value is -6.03. The van der Waals surface area contributed by atoms with E-state index in [4.69, 9.17) is 4.74 Å². The maximum atomic E-state index is 13.1. The predicted molar refractivity (Wildman–Crippen MR) is 173 cm³/mol. The van der Waals surface area contributed by atoms with E-state index in [1.54, 1.807) is 7.11 Å². The molecule has 1 unspecified atom stereocenters. The summed E-state index contributed by atoms with van der Waals surface area (Å²) in [6.45, 7) is 0.266. The lowest BCUT2D eigenvalue weighted by Gasteiger charge is -2.27. The Morgan fingerprint density at radius 1 is 0.872 bits per heavy atom. The van der Waals surface area contributed by atoms with Gasteiger partial charge in [-0.15, -0.1) is 0 Å². The molecule has 10 heteroatoms. The van der Waals surface area contributed by atoms with Gasteiger partial charge in [0.25, 0.3) is 17.7 Å². The molecule has 0 saturated carbocycles. The number of carbonyl (C=O) groups is 5. The minimum atomic E-state index is -1.06. The van der Waals surface area contributed by atoms with E-state index in [1.807, 2.05) is 60.7 Å². The average molecular weight is 627 g/mol. The van der Waals surface area contributed by atoms with Crippen molar-refractivity contribution in [2.24, 2.45) is 0 Å². The van der Waals surface area contributed by atoms with Crippen molar-refractivity contribution in [1.82, 2.24) is 20.1 Å². The van der Waals surface area contributed by atoms with E-state index in [0.29, 0.717) is 0 Å². The average Bonchev–Trinajstić information content (AvgIpc) is 3.58. The van der Waals surface area contributed by atoms with E-state index in [2.05, 4.69) is 33.5 Å². The monoisotopic (exact) mass is 626 g/mol. The Morgan fingerprint density at radius 3 is 2.34 bits per heavy atom. The highest BCUT2D eigenvalue weighted by Crippen LogP contribution is 2.30. The molecule has 234 valence electrons. The summed E-state index contributed by atoms with van der Waals surface area (Å²) in [5.74, 6) is -1.99. The topological polar surface area (TPSA) is 127 Å². The molecule has 0 aliphatic carbocycles. The molecule has 47 heavy (non-hydrogen) atoms. The zero-order chi connectivity index (χ0) is 32.7. The van der Waals surface area contributed by atoms with Gasteiger partial charge < -0.3 is 14.6 Å². The number of fused-ring (bicyclic) bond motifs is 2. The van der Waals surface area contributed by atoms with Crippen molar-refractivity contribution in [3.8, 4) is 11.4 Å². The smallest absolute Gasteiger partial charge is 0.262 e. The van der Waals surface area contributed by atoms with Crippen LogP contribution < -0.4 is 15.4 Å². The molecule has 7 rings (SSSR count). The molecule has 10 nitrogen and oxygen atoms in total. The molecule has 5 aromatic rings. The lowest BCUT2D eigenvalue weighted by atomic mass is 10.0. The van der Waals surface area contributed by atoms with Gasteiger partial charge in [0.15, 0.2) is 0 Å². The van der Waals surface area contributed by atoms with Crippen LogP contribution in [-0.4, -0.2) is 52.2 Å². The normalized spacial score (nSPS) is 15.9. The number of benzene rings is 4. The molecule has 1 fully saturated rings. The van der Waals surface area contributed by atoms with Gasteiger partial charge in [-0.25, -0.2) is 0 Å². The van der Waals surface area contributed by atoms with E-state index in [0.717, 1.165) is 39.4 Å². The molecule has 0 radical (unpaired) electrons. The lowest BCUT2D eigenvalue weighted by Crippen LogP contribution is -2.54. The Bertz CT molecular complexity index is 2080. The van der Waals surface area contributed by atoms with Gasteiger partial charge in [0.1, 0.15) is 11.8 Å². The molecule has 5 amide bonds. The van der Waals surface area contributed by atoms with Crippen LogP contribution in [0.5, 0.6) is 5.75 Å². The van der Waals surface area contributed by atoms with Gasteiger partial charge in [-0.05, 0) is 78.1 Å². The third-order valence-corrected chi connectivity index (χ3v) is 8.72. The number of nitrogens with one attached hydrogen (secondary N) is 2. The summed E-state index contributed by atoms with van der Waals surface area (Å²) in [6.07, 6.45) is 3.00. The number of aromatic nitrogens is 1. The van der Waals surface area contributed by atoms with Crippen LogP contribution >= 0.6 is 0 Å². The Kier molecular flexibility index (Phi) is 7.61. The molecule has 1 aromatic heterocycles. The van der Waals surface area contributed by atoms with Crippen LogP contribution in [0.4, 0.5) is 0 Å². The first-order chi connectivity index (χ1) is 22.8. The molecule has 3 heterocycles. The van der Waals surface area contributed by atoms with E-state index in [-0.39, 0.29) is 36.1 Å². The molecular weight excluding hydrogens is 596 g/mol. The Labute approximate surface area is 269 Å². The fourth-order valence-corrected chi connectivity index (χ4v) is 6.24. The number of imide groups is 2. The minimum Gasteiger partial charge on any atom is -0.497 e. The highest BCUT2D eigenvalue weighted by molar-refractivity contribution is 6.24. The second-order valence-electron chi connectivity index (χ2n) is 11.6. The van der Waals surface area contributed by atoms with Crippen molar-refractivity contribution in [2.45, 2.75) is 31.8 Å². The standard InChI is InChI=1S/C37H30N4O6/c1-47-27-13-11-26(12-14-27)40-21-25(28-4-2-3-5-31(28)40)18-22-6-8-23(9-7-22)20-38-34(43)24-10-15-29-30(19-24)37(46)41(36(29)45)32-16-17-33(42)39-35(32)44/h2-15,19,21,32H,16-18,20H2,1H3,(H,38,43)(H,39,42,44). The van der Waals surface area contributed by atoms with Gasteiger partial charge in [-0.1, -0.05) is 42.5 Å². The van der Waals surface area contributed by atoms with Crippen LogP contribution in [0.3, 0.4) is 0 Å². The first kappa shape index (κ1) is 29.7. The largest absolute Gasteiger partial charge is 0.497 e. The van der Waals surface area contributed by atoms with Gasteiger partial charge in [0.2, 0.25) is 11.8 Å². The van der Waals surface area contributed by atoms with Crippen LogP contribution in [0.2, 0.25) is 0 Å².